The van der Waals surface area contributed by atoms with E-state index in [2.05, 4.69) is 27.3 Å². The van der Waals surface area contributed by atoms with Gasteiger partial charge in [-0.15, -0.1) is 0 Å². The zero-order valence-electron chi connectivity index (χ0n) is 11.0. The Labute approximate surface area is 126 Å². The molecule has 106 valence electrons. The molecule has 0 spiro atoms. The number of carbonyl (C=O) groups is 2. The first-order chi connectivity index (χ1) is 9.56. The predicted octanol–water partition coefficient (Wildman–Crippen LogP) is 3.98. The summed E-state index contributed by atoms with van der Waals surface area (Å²) in [6.45, 7) is 0. The molecule has 0 atom stereocenters. The number of halogens is 1. The fourth-order valence-electron chi connectivity index (χ4n) is 2.27. The van der Waals surface area contributed by atoms with Crippen LogP contribution in [0.1, 0.15) is 42.5 Å². The standard InChI is InChI=1S/C15H16BrNO3/c16-11-6-7-12(15(19)20)13(9-11)17-14(18)8-10-4-2-1-3-5-10/h4,6-7,9H,1-3,5,8H2,(H,17,18)(H,19,20). The minimum absolute atomic E-state index is 0.0965. The van der Waals surface area contributed by atoms with Crippen LogP contribution in [-0.4, -0.2) is 17.0 Å². The third kappa shape index (κ3) is 3.93. The highest BCUT2D eigenvalue weighted by atomic mass is 79.9. The average molecular weight is 338 g/mol. The van der Waals surface area contributed by atoms with Crippen LogP contribution in [0.5, 0.6) is 0 Å². The number of rotatable bonds is 4. The molecule has 1 aliphatic rings. The summed E-state index contributed by atoms with van der Waals surface area (Å²) in [5.41, 5.74) is 1.56. The van der Waals surface area contributed by atoms with Crippen molar-refractivity contribution < 1.29 is 14.7 Å². The Kier molecular flexibility index (Phi) is 4.95. The first-order valence-corrected chi connectivity index (χ1v) is 7.36. The Morgan fingerprint density at radius 2 is 2.10 bits per heavy atom. The van der Waals surface area contributed by atoms with Gasteiger partial charge in [-0.05, 0) is 43.9 Å². The van der Waals surface area contributed by atoms with Gasteiger partial charge in [0.1, 0.15) is 0 Å². The van der Waals surface area contributed by atoms with Crippen molar-refractivity contribution in [2.45, 2.75) is 32.1 Å². The van der Waals surface area contributed by atoms with Crippen molar-refractivity contribution in [2.24, 2.45) is 0 Å². The number of amides is 1. The normalized spacial score (nSPS) is 14.6. The molecule has 1 amide bonds. The van der Waals surface area contributed by atoms with Crippen molar-refractivity contribution in [1.29, 1.82) is 0 Å². The number of anilines is 1. The van der Waals surface area contributed by atoms with Crippen molar-refractivity contribution in [1.82, 2.24) is 0 Å². The highest BCUT2D eigenvalue weighted by molar-refractivity contribution is 9.10. The van der Waals surface area contributed by atoms with E-state index in [0.29, 0.717) is 12.1 Å². The maximum atomic E-state index is 12.0. The third-order valence-corrected chi connectivity index (χ3v) is 3.75. The number of carboxylic acid groups (broad SMARTS) is 1. The van der Waals surface area contributed by atoms with E-state index in [0.717, 1.165) is 29.3 Å². The van der Waals surface area contributed by atoms with Crippen LogP contribution in [0.15, 0.2) is 34.3 Å². The van der Waals surface area contributed by atoms with Gasteiger partial charge in [-0.25, -0.2) is 4.79 Å². The quantitative estimate of drug-likeness (QED) is 0.816. The van der Waals surface area contributed by atoms with Crippen LogP contribution in [0, 0.1) is 0 Å². The number of benzene rings is 1. The molecule has 0 aromatic heterocycles. The van der Waals surface area contributed by atoms with Gasteiger partial charge in [-0.2, -0.15) is 0 Å². The molecular weight excluding hydrogens is 322 g/mol. The van der Waals surface area contributed by atoms with Crippen molar-refractivity contribution >= 4 is 33.5 Å². The molecule has 0 saturated heterocycles. The summed E-state index contributed by atoms with van der Waals surface area (Å²) in [5.74, 6) is -1.22. The number of carboxylic acids is 1. The number of carbonyl (C=O) groups excluding carboxylic acids is 1. The summed E-state index contributed by atoms with van der Waals surface area (Å²) in [5, 5.41) is 11.8. The van der Waals surface area contributed by atoms with Gasteiger partial charge in [0.25, 0.3) is 0 Å². The Balaban J connectivity index is 2.09. The molecule has 0 aliphatic heterocycles. The molecule has 0 saturated carbocycles. The molecule has 0 radical (unpaired) electrons. The van der Waals surface area contributed by atoms with Crippen molar-refractivity contribution in [2.75, 3.05) is 5.32 Å². The molecule has 2 rings (SSSR count). The summed E-state index contributed by atoms with van der Waals surface area (Å²) >= 11 is 3.28. The summed E-state index contributed by atoms with van der Waals surface area (Å²) in [7, 11) is 0. The number of hydrogen-bond acceptors (Lipinski definition) is 2. The van der Waals surface area contributed by atoms with Crippen molar-refractivity contribution in [3.05, 3.63) is 39.9 Å². The summed E-state index contributed by atoms with van der Waals surface area (Å²) in [6, 6.07) is 4.72. The van der Waals surface area contributed by atoms with E-state index in [9.17, 15) is 9.59 Å². The number of hydrogen-bond donors (Lipinski definition) is 2. The third-order valence-electron chi connectivity index (χ3n) is 3.26. The minimum atomic E-state index is -1.05. The highest BCUT2D eigenvalue weighted by Crippen LogP contribution is 2.24. The zero-order valence-corrected chi connectivity index (χ0v) is 12.6. The Morgan fingerprint density at radius 3 is 2.75 bits per heavy atom. The number of aromatic carboxylic acids is 1. The maximum Gasteiger partial charge on any atom is 0.337 e. The molecule has 2 N–H and O–H groups in total. The second kappa shape index (κ2) is 6.70. The lowest BCUT2D eigenvalue weighted by molar-refractivity contribution is -0.115. The second-order valence-corrected chi connectivity index (χ2v) is 5.74. The summed E-state index contributed by atoms with van der Waals surface area (Å²) in [4.78, 5) is 23.1. The molecule has 1 aromatic carbocycles. The smallest absolute Gasteiger partial charge is 0.337 e. The molecule has 4 nitrogen and oxygen atoms in total. The van der Waals surface area contributed by atoms with Gasteiger partial charge >= 0.3 is 5.97 Å². The van der Waals surface area contributed by atoms with Gasteiger partial charge in [0, 0.05) is 10.9 Å². The molecule has 0 heterocycles. The van der Waals surface area contributed by atoms with E-state index in [-0.39, 0.29) is 11.5 Å². The van der Waals surface area contributed by atoms with Crippen molar-refractivity contribution in [3.63, 3.8) is 0 Å². The summed E-state index contributed by atoms with van der Waals surface area (Å²) in [6.07, 6.45) is 6.74. The Morgan fingerprint density at radius 1 is 1.30 bits per heavy atom. The lowest BCUT2D eigenvalue weighted by Gasteiger charge is -2.13. The monoisotopic (exact) mass is 337 g/mol. The Bertz CT molecular complexity index is 566. The molecule has 0 bridgehead atoms. The van der Waals surface area contributed by atoms with E-state index >= 15 is 0 Å². The van der Waals surface area contributed by atoms with E-state index in [1.54, 1.807) is 12.1 Å². The highest BCUT2D eigenvalue weighted by Gasteiger charge is 2.14. The molecule has 20 heavy (non-hydrogen) atoms. The Hall–Kier alpha value is -1.62. The largest absolute Gasteiger partial charge is 0.478 e. The number of nitrogens with one attached hydrogen (secondary N) is 1. The second-order valence-electron chi connectivity index (χ2n) is 4.83. The van der Waals surface area contributed by atoms with Crippen LogP contribution >= 0.6 is 15.9 Å². The van der Waals surface area contributed by atoms with Crippen LogP contribution in [0.25, 0.3) is 0 Å². The fraction of sp³-hybridized carbons (Fsp3) is 0.333. The van der Waals surface area contributed by atoms with Gasteiger partial charge in [0.2, 0.25) is 5.91 Å². The van der Waals surface area contributed by atoms with Gasteiger partial charge < -0.3 is 10.4 Å². The SMILES string of the molecule is O=C(CC1=CCCCC1)Nc1cc(Br)ccc1C(=O)O. The van der Waals surface area contributed by atoms with Gasteiger partial charge in [0.15, 0.2) is 0 Å². The molecule has 0 fully saturated rings. The first-order valence-electron chi connectivity index (χ1n) is 6.57. The van der Waals surface area contributed by atoms with Crippen LogP contribution in [0.3, 0.4) is 0 Å². The molecule has 1 aliphatic carbocycles. The van der Waals surface area contributed by atoms with E-state index in [4.69, 9.17) is 5.11 Å². The molecule has 5 heteroatoms. The van der Waals surface area contributed by atoms with E-state index < -0.39 is 5.97 Å². The van der Waals surface area contributed by atoms with Crippen LogP contribution < -0.4 is 5.32 Å². The van der Waals surface area contributed by atoms with Crippen LogP contribution in [0.4, 0.5) is 5.69 Å². The number of allylic oxidation sites excluding steroid dienone is 1. The first kappa shape index (κ1) is 14.8. The molecule has 0 unspecified atom stereocenters. The van der Waals surface area contributed by atoms with Gasteiger partial charge in [-0.1, -0.05) is 27.6 Å². The lowest BCUT2D eigenvalue weighted by atomic mass is 9.97. The van der Waals surface area contributed by atoms with E-state index in [1.807, 2.05) is 0 Å². The van der Waals surface area contributed by atoms with Crippen LogP contribution in [-0.2, 0) is 4.79 Å². The minimum Gasteiger partial charge on any atom is -0.478 e. The average Bonchev–Trinajstić information content (AvgIpc) is 2.39. The molecule has 1 aromatic rings. The molecular formula is C15H16BrNO3. The predicted molar refractivity (Wildman–Crippen MR) is 80.9 cm³/mol. The van der Waals surface area contributed by atoms with Gasteiger partial charge in [-0.3, -0.25) is 4.79 Å². The lowest BCUT2D eigenvalue weighted by Crippen LogP contribution is -2.15. The van der Waals surface area contributed by atoms with E-state index in [1.165, 1.54) is 12.5 Å². The fourth-order valence-corrected chi connectivity index (χ4v) is 2.63. The van der Waals surface area contributed by atoms with Gasteiger partial charge in [0.05, 0.1) is 11.3 Å². The van der Waals surface area contributed by atoms with Crippen molar-refractivity contribution in [3.8, 4) is 0 Å². The zero-order chi connectivity index (χ0) is 14.5. The van der Waals surface area contributed by atoms with Crippen LogP contribution in [0.2, 0.25) is 0 Å². The summed E-state index contributed by atoms with van der Waals surface area (Å²) < 4.78 is 0.731. The maximum absolute atomic E-state index is 12.0. The topological polar surface area (TPSA) is 66.4 Å².